The number of hydrogen-bond acceptors (Lipinski definition) is 3. The van der Waals surface area contributed by atoms with Crippen molar-refractivity contribution in [2.24, 2.45) is 0 Å². The Balaban J connectivity index is 0.000000207. The van der Waals surface area contributed by atoms with Crippen LogP contribution in [0, 0.1) is 0 Å². The molecule has 0 radical (unpaired) electrons. The van der Waals surface area contributed by atoms with E-state index in [0.29, 0.717) is 0 Å². The maximum absolute atomic E-state index is 4.74. The van der Waals surface area contributed by atoms with Gasteiger partial charge in [0.2, 0.25) is 0 Å². The maximum atomic E-state index is 4.74. The lowest BCUT2D eigenvalue weighted by molar-refractivity contribution is 0.163. The first kappa shape index (κ1) is 11.1. The van der Waals surface area contributed by atoms with E-state index in [-0.39, 0.29) is 0 Å². The zero-order valence-corrected chi connectivity index (χ0v) is 8.79. The molecule has 0 spiro atoms. The molecule has 1 aliphatic rings. The van der Waals surface area contributed by atoms with E-state index in [1.807, 2.05) is 0 Å². The predicted octanol–water partition coefficient (Wildman–Crippen LogP) is 1.20. The van der Waals surface area contributed by atoms with Crippen LogP contribution in [0.1, 0.15) is 25.7 Å². The van der Waals surface area contributed by atoms with Gasteiger partial charge in [0, 0.05) is 21.3 Å². The van der Waals surface area contributed by atoms with Crippen molar-refractivity contribution >= 4 is 9.53 Å². The van der Waals surface area contributed by atoms with Crippen LogP contribution in [0.2, 0.25) is 0 Å². The summed E-state index contributed by atoms with van der Waals surface area (Å²) in [5.41, 5.74) is 0. The van der Waals surface area contributed by atoms with Gasteiger partial charge in [-0.2, -0.15) is 0 Å². The van der Waals surface area contributed by atoms with Gasteiger partial charge in [0.15, 0.2) is 0 Å². The smallest absolute Gasteiger partial charge is 0.379 e. The van der Waals surface area contributed by atoms with Gasteiger partial charge in [-0.1, -0.05) is 25.7 Å². The third-order valence-electron chi connectivity index (χ3n) is 1.58. The molecule has 11 heavy (non-hydrogen) atoms. The zero-order valence-electron chi connectivity index (χ0n) is 7.63. The molecule has 0 amide bonds. The summed E-state index contributed by atoms with van der Waals surface area (Å²) in [7, 11) is 3.05. The molecule has 3 nitrogen and oxygen atoms in total. The van der Waals surface area contributed by atoms with Crippen molar-refractivity contribution in [2.45, 2.75) is 25.7 Å². The lowest BCUT2D eigenvalue weighted by atomic mass is 10.0. The SMILES string of the molecule is C1CCC1.CO[SiH](OC)OC. The molecular weight excluding hydrogens is 160 g/mol. The molecule has 0 bridgehead atoms. The molecule has 1 fully saturated rings. The Morgan fingerprint density at radius 2 is 1.00 bits per heavy atom. The first-order chi connectivity index (χ1) is 5.35. The van der Waals surface area contributed by atoms with Crippen LogP contribution in [0.15, 0.2) is 0 Å². The first-order valence-electron chi connectivity index (χ1n) is 3.93. The fourth-order valence-electron chi connectivity index (χ4n) is 0.539. The molecule has 0 aromatic carbocycles. The van der Waals surface area contributed by atoms with Crippen LogP contribution in [0.4, 0.5) is 0 Å². The Labute approximate surface area is 70.6 Å². The molecule has 1 rings (SSSR count). The highest BCUT2D eigenvalue weighted by molar-refractivity contribution is 6.36. The molecule has 0 aromatic heterocycles. The van der Waals surface area contributed by atoms with E-state index < -0.39 is 9.53 Å². The van der Waals surface area contributed by atoms with E-state index in [4.69, 9.17) is 13.3 Å². The van der Waals surface area contributed by atoms with Gasteiger partial charge in [0.05, 0.1) is 0 Å². The highest BCUT2D eigenvalue weighted by Gasteiger charge is 2.04. The molecule has 0 atom stereocenters. The summed E-state index contributed by atoms with van der Waals surface area (Å²) in [5, 5.41) is 0. The minimum atomic E-state index is -1.67. The molecule has 0 aromatic rings. The minimum Gasteiger partial charge on any atom is -0.379 e. The summed E-state index contributed by atoms with van der Waals surface area (Å²) in [5.74, 6) is 0. The van der Waals surface area contributed by atoms with Crippen LogP contribution in [0.3, 0.4) is 0 Å². The standard InChI is InChI=1S/C4H8.C3H10O3Si/c1-2-4-3-1;1-4-7(5-2)6-3/h1-4H2;7H,1-3H3. The maximum Gasteiger partial charge on any atom is 0.483 e. The second kappa shape index (κ2) is 8.20. The Kier molecular flexibility index (Phi) is 8.27. The molecule has 0 aliphatic heterocycles. The molecule has 0 saturated heterocycles. The Hall–Kier alpha value is 0.0969. The number of rotatable bonds is 3. The summed E-state index contributed by atoms with van der Waals surface area (Å²) < 4.78 is 14.2. The van der Waals surface area contributed by atoms with Crippen molar-refractivity contribution in [3.05, 3.63) is 0 Å². The van der Waals surface area contributed by atoms with Crippen LogP contribution in [-0.2, 0) is 13.3 Å². The van der Waals surface area contributed by atoms with E-state index in [9.17, 15) is 0 Å². The Bertz CT molecular complexity index is 62.6. The lowest BCUT2D eigenvalue weighted by Crippen LogP contribution is -2.21. The van der Waals surface area contributed by atoms with E-state index in [2.05, 4.69) is 0 Å². The van der Waals surface area contributed by atoms with Gasteiger partial charge in [0.1, 0.15) is 0 Å². The molecule has 68 valence electrons. The fourth-order valence-corrected chi connectivity index (χ4v) is 1.12. The van der Waals surface area contributed by atoms with Crippen molar-refractivity contribution in [3.63, 3.8) is 0 Å². The largest absolute Gasteiger partial charge is 0.483 e. The summed E-state index contributed by atoms with van der Waals surface area (Å²) in [6.07, 6.45) is 6.00. The van der Waals surface area contributed by atoms with E-state index in [0.717, 1.165) is 0 Å². The van der Waals surface area contributed by atoms with Crippen molar-refractivity contribution in [3.8, 4) is 0 Å². The highest BCUT2D eigenvalue weighted by Crippen LogP contribution is 2.15. The number of hydrogen-bond donors (Lipinski definition) is 0. The van der Waals surface area contributed by atoms with Gasteiger partial charge >= 0.3 is 9.53 Å². The first-order valence-corrected chi connectivity index (χ1v) is 5.35. The molecule has 1 aliphatic carbocycles. The second-order valence-corrected chi connectivity index (χ2v) is 4.40. The van der Waals surface area contributed by atoms with Crippen molar-refractivity contribution in [1.29, 1.82) is 0 Å². The lowest BCUT2D eigenvalue weighted by Gasteiger charge is -2.05. The summed E-state index contributed by atoms with van der Waals surface area (Å²) >= 11 is 0. The molecule has 0 N–H and O–H groups in total. The average molecular weight is 178 g/mol. The monoisotopic (exact) mass is 178 g/mol. The molecule has 1 saturated carbocycles. The summed E-state index contributed by atoms with van der Waals surface area (Å²) in [4.78, 5) is 0. The van der Waals surface area contributed by atoms with Crippen LogP contribution < -0.4 is 0 Å². The van der Waals surface area contributed by atoms with Gasteiger partial charge in [0.25, 0.3) is 0 Å². The van der Waals surface area contributed by atoms with Crippen molar-refractivity contribution in [1.82, 2.24) is 0 Å². The van der Waals surface area contributed by atoms with Gasteiger partial charge in [-0.3, -0.25) is 0 Å². The topological polar surface area (TPSA) is 27.7 Å². The van der Waals surface area contributed by atoms with Gasteiger partial charge in [-0.05, 0) is 0 Å². The second-order valence-electron chi connectivity index (χ2n) is 2.41. The van der Waals surface area contributed by atoms with Gasteiger partial charge < -0.3 is 13.3 Å². The highest BCUT2D eigenvalue weighted by atomic mass is 28.3. The quantitative estimate of drug-likeness (QED) is 0.608. The molecule has 0 unspecified atom stereocenters. The Morgan fingerprint density at radius 1 is 0.727 bits per heavy atom. The minimum absolute atomic E-state index is 1.50. The normalized spacial score (nSPS) is 15.3. The predicted molar refractivity (Wildman–Crippen MR) is 46.6 cm³/mol. The molecular formula is C7H18O3Si. The third kappa shape index (κ3) is 6.49. The van der Waals surface area contributed by atoms with Crippen LogP contribution in [0.25, 0.3) is 0 Å². The van der Waals surface area contributed by atoms with Crippen LogP contribution in [-0.4, -0.2) is 30.9 Å². The Morgan fingerprint density at radius 3 is 1.00 bits per heavy atom. The summed E-state index contributed by atoms with van der Waals surface area (Å²) in [6.45, 7) is 0. The third-order valence-corrected chi connectivity index (χ3v) is 2.73. The van der Waals surface area contributed by atoms with Crippen molar-refractivity contribution in [2.75, 3.05) is 21.3 Å². The van der Waals surface area contributed by atoms with Crippen LogP contribution >= 0.6 is 0 Å². The average Bonchev–Trinajstić information content (AvgIpc) is 1.88. The molecule has 0 heterocycles. The van der Waals surface area contributed by atoms with E-state index in [1.54, 1.807) is 21.3 Å². The fraction of sp³-hybridized carbons (Fsp3) is 1.00. The zero-order chi connectivity index (χ0) is 8.53. The van der Waals surface area contributed by atoms with Gasteiger partial charge in [-0.25, -0.2) is 0 Å². The van der Waals surface area contributed by atoms with E-state index in [1.165, 1.54) is 25.7 Å². The van der Waals surface area contributed by atoms with Gasteiger partial charge in [-0.15, -0.1) is 0 Å². The van der Waals surface area contributed by atoms with Crippen molar-refractivity contribution < 1.29 is 13.3 Å². The molecule has 4 heteroatoms. The van der Waals surface area contributed by atoms with Crippen LogP contribution in [0.5, 0.6) is 0 Å². The summed E-state index contributed by atoms with van der Waals surface area (Å²) in [6, 6.07) is 0. The van der Waals surface area contributed by atoms with E-state index >= 15 is 0 Å².